The topological polar surface area (TPSA) is 111 Å². The van der Waals surface area contributed by atoms with Gasteiger partial charge in [-0.15, -0.1) is 0 Å². The molecule has 4 N–H and O–H groups in total. The molecule has 200 valence electrons. The first-order valence-electron chi connectivity index (χ1n) is 14.2. The smallest absolute Gasteiger partial charge is 0.331 e. The number of aliphatic hydroxyl groups is 2. The number of amides is 2. The third-order valence-electron chi connectivity index (χ3n) is 11.8. The lowest BCUT2D eigenvalue weighted by Gasteiger charge is -2.65. The Hall–Kier alpha value is -1.64. The van der Waals surface area contributed by atoms with Crippen molar-refractivity contribution in [1.29, 1.82) is 0 Å². The van der Waals surface area contributed by atoms with Crippen LogP contribution in [-0.4, -0.2) is 77.6 Å². The summed E-state index contributed by atoms with van der Waals surface area (Å²) in [5.74, 6) is 0.584. The number of esters is 1. The SMILES string of the molecule is C[C@]12CC[C@H](NC(=O)N3CCNCC3)C[C@H]1CC[C@@H]1[C@@H]2C[C@@H](O)[C@]2(C)[C@@H](C3=CC(=O)OC3)CC[C@]12O. The zero-order valence-electron chi connectivity index (χ0n) is 21.8. The van der Waals surface area contributed by atoms with Crippen molar-refractivity contribution >= 4 is 12.0 Å². The van der Waals surface area contributed by atoms with Crippen molar-refractivity contribution in [1.82, 2.24) is 15.5 Å². The molecule has 8 heteroatoms. The van der Waals surface area contributed by atoms with Gasteiger partial charge in [0.2, 0.25) is 0 Å². The quantitative estimate of drug-likeness (QED) is 0.432. The Kier molecular flexibility index (Phi) is 5.97. The average Bonchev–Trinajstić information content (AvgIpc) is 3.41. The van der Waals surface area contributed by atoms with Gasteiger partial charge in [-0.25, -0.2) is 9.59 Å². The first kappa shape index (κ1) is 24.7. The summed E-state index contributed by atoms with van der Waals surface area (Å²) in [4.78, 5) is 26.5. The normalized spacial score (nSPS) is 48.4. The van der Waals surface area contributed by atoms with E-state index in [1.165, 1.54) is 0 Å². The molecule has 2 aliphatic heterocycles. The number of nitrogens with one attached hydrogen (secondary N) is 2. The molecule has 2 amide bonds. The Labute approximate surface area is 214 Å². The van der Waals surface area contributed by atoms with Crippen molar-refractivity contribution < 1.29 is 24.5 Å². The van der Waals surface area contributed by atoms with Gasteiger partial charge in [-0.05, 0) is 86.0 Å². The van der Waals surface area contributed by atoms with Crippen molar-refractivity contribution in [3.05, 3.63) is 11.6 Å². The van der Waals surface area contributed by atoms with Crippen molar-refractivity contribution in [2.24, 2.45) is 34.5 Å². The van der Waals surface area contributed by atoms with E-state index < -0.39 is 17.1 Å². The van der Waals surface area contributed by atoms with E-state index in [2.05, 4.69) is 24.5 Å². The molecule has 0 bridgehead atoms. The largest absolute Gasteiger partial charge is 0.458 e. The van der Waals surface area contributed by atoms with Gasteiger partial charge in [-0.1, -0.05) is 13.8 Å². The molecule has 0 spiro atoms. The summed E-state index contributed by atoms with van der Waals surface area (Å²) in [6.45, 7) is 7.97. The van der Waals surface area contributed by atoms with Gasteiger partial charge in [0.25, 0.3) is 0 Å². The van der Waals surface area contributed by atoms with E-state index in [1.807, 2.05) is 4.90 Å². The lowest BCUT2D eigenvalue weighted by molar-refractivity contribution is -0.242. The summed E-state index contributed by atoms with van der Waals surface area (Å²) in [6, 6.07) is 0.268. The maximum atomic E-state index is 12.8. The maximum Gasteiger partial charge on any atom is 0.331 e. The molecule has 0 radical (unpaired) electrons. The minimum absolute atomic E-state index is 0.0219. The van der Waals surface area contributed by atoms with Gasteiger partial charge >= 0.3 is 12.0 Å². The summed E-state index contributed by atoms with van der Waals surface area (Å²) in [5.41, 5.74) is -0.600. The standard InChI is InChI=1S/C28H43N3O5/c1-26-7-5-19(30-25(34)31-11-9-29-10-12-31)14-18(26)3-4-21-22(26)15-23(32)27(2)20(6-8-28(21,27)35)17-13-24(33)36-16-17/h13,18-23,29,32,35H,3-12,14-16H2,1-2H3,(H,30,34)/t18-,19+,20-,21-,22+,23-,26+,27+,28+/m1/s1. The highest BCUT2D eigenvalue weighted by Gasteiger charge is 2.70. The molecule has 0 aromatic rings. The van der Waals surface area contributed by atoms with Crippen molar-refractivity contribution in [3.63, 3.8) is 0 Å². The molecule has 36 heavy (non-hydrogen) atoms. The number of ether oxygens (including phenoxy) is 1. The summed E-state index contributed by atoms with van der Waals surface area (Å²) in [5, 5.41) is 30.7. The van der Waals surface area contributed by atoms with Crippen molar-refractivity contribution in [2.45, 2.75) is 83.0 Å². The lowest BCUT2D eigenvalue weighted by atomic mass is 9.42. The Balaban J connectivity index is 1.19. The highest BCUT2D eigenvalue weighted by Crippen LogP contribution is 2.69. The van der Waals surface area contributed by atoms with Crippen LogP contribution in [0.1, 0.15) is 65.2 Å². The van der Waals surface area contributed by atoms with E-state index in [-0.39, 0.29) is 47.8 Å². The fraction of sp³-hybridized carbons (Fsp3) is 0.857. The maximum absolute atomic E-state index is 12.8. The van der Waals surface area contributed by atoms with Crippen LogP contribution in [-0.2, 0) is 9.53 Å². The second-order valence-electron chi connectivity index (χ2n) is 13.0. The number of hydrogen-bond donors (Lipinski definition) is 4. The first-order valence-corrected chi connectivity index (χ1v) is 14.2. The molecule has 0 unspecified atom stereocenters. The van der Waals surface area contributed by atoms with Crippen LogP contribution in [0.3, 0.4) is 0 Å². The van der Waals surface area contributed by atoms with Crippen molar-refractivity contribution in [2.75, 3.05) is 32.8 Å². The van der Waals surface area contributed by atoms with E-state index >= 15 is 0 Å². The molecule has 5 fully saturated rings. The summed E-state index contributed by atoms with van der Waals surface area (Å²) >= 11 is 0. The number of piperazine rings is 1. The van der Waals surface area contributed by atoms with Crippen LogP contribution in [0.2, 0.25) is 0 Å². The van der Waals surface area contributed by atoms with Gasteiger partial charge in [0.05, 0.1) is 11.7 Å². The van der Waals surface area contributed by atoms with E-state index in [0.717, 1.165) is 70.3 Å². The van der Waals surface area contributed by atoms with Crippen LogP contribution in [0.5, 0.6) is 0 Å². The minimum atomic E-state index is -0.937. The minimum Gasteiger partial charge on any atom is -0.458 e. The predicted molar refractivity (Wildman–Crippen MR) is 134 cm³/mol. The Morgan fingerprint density at radius 2 is 1.89 bits per heavy atom. The molecule has 0 aromatic heterocycles. The van der Waals surface area contributed by atoms with E-state index in [4.69, 9.17) is 4.74 Å². The molecule has 4 saturated carbocycles. The van der Waals surface area contributed by atoms with Gasteiger partial charge in [-0.3, -0.25) is 0 Å². The van der Waals surface area contributed by atoms with Gasteiger partial charge in [0, 0.05) is 43.7 Å². The van der Waals surface area contributed by atoms with Gasteiger partial charge in [0.1, 0.15) is 6.61 Å². The molecule has 2 heterocycles. The number of aliphatic hydroxyl groups excluding tert-OH is 1. The van der Waals surface area contributed by atoms with Crippen LogP contribution in [0.15, 0.2) is 11.6 Å². The Morgan fingerprint density at radius 1 is 1.11 bits per heavy atom. The summed E-state index contributed by atoms with van der Waals surface area (Å²) in [7, 11) is 0. The van der Waals surface area contributed by atoms with Crippen LogP contribution in [0.25, 0.3) is 0 Å². The second-order valence-corrected chi connectivity index (χ2v) is 13.0. The zero-order chi connectivity index (χ0) is 25.3. The van der Waals surface area contributed by atoms with E-state index in [9.17, 15) is 19.8 Å². The fourth-order valence-corrected chi connectivity index (χ4v) is 9.65. The Bertz CT molecular complexity index is 949. The lowest BCUT2D eigenvalue weighted by Crippen LogP contribution is -2.67. The molecule has 8 nitrogen and oxygen atoms in total. The molecule has 1 saturated heterocycles. The van der Waals surface area contributed by atoms with Gasteiger partial charge in [-0.2, -0.15) is 0 Å². The number of cyclic esters (lactones) is 1. The molecule has 0 aromatic carbocycles. The monoisotopic (exact) mass is 501 g/mol. The predicted octanol–water partition coefficient (Wildman–Crippen LogP) is 2.20. The highest BCUT2D eigenvalue weighted by atomic mass is 16.5. The van der Waals surface area contributed by atoms with E-state index in [1.54, 1.807) is 6.08 Å². The number of fused-ring (bicyclic) bond motifs is 5. The van der Waals surface area contributed by atoms with E-state index in [0.29, 0.717) is 18.8 Å². The first-order chi connectivity index (χ1) is 17.2. The third-order valence-corrected chi connectivity index (χ3v) is 11.8. The van der Waals surface area contributed by atoms with Crippen LogP contribution in [0.4, 0.5) is 4.79 Å². The van der Waals surface area contributed by atoms with Gasteiger partial charge in [0.15, 0.2) is 0 Å². The number of urea groups is 1. The molecular weight excluding hydrogens is 458 g/mol. The zero-order valence-corrected chi connectivity index (χ0v) is 21.8. The van der Waals surface area contributed by atoms with Gasteiger partial charge < -0.3 is 30.5 Å². The molecule has 6 aliphatic rings. The number of carbonyl (C=O) groups excluding carboxylic acids is 2. The number of nitrogens with zero attached hydrogens (tertiary/aromatic N) is 1. The highest BCUT2D eigenvalue weighted by molar-refractivity contribution is 5.85. The molecular formula is C28H43N3O5. The summed E-state index contributed by atoms with van der Waals surface area (Å²) in [6.07, 6.45) is 8.10. The molecule has 9 atom stereocenters. The number of hydrogen-bond acceptors (Lipinski definition) is 6. The average molecular weight is 502 g/mol. The number of rotatable bonds is 2. The van der Waals surface area contributed by atoms with Crippen LogP contribution >= 0.6 is 0 Å². The van der Waals surface area contributed by atoms with Crippen molar-refractivity contribution in [3.8, 4) is 0 Å². The molecule has 6 rings (SSSR count). The van der Waals surface area contributed by atoms with Crippen LogP contribution in [0, 0.1) is 34.5 Å². The number of carbonyl (C=O) groups is 2. The second kappa shape index (κ2) is 8.70. The fourth-order valence-electron chi connectivity index (χ4n) is 9.65. The third kappa shape index (κ3) is 3.50. The molecule has 4 aliphatic carbocycles. The van der Waals surface area contributed by atoms with Crippen LogP contribution < -0.4 is 10.6 Å². The summed E-state index contributed by atoms with van der Waals surface area (Å²) < 4.78 is 5.21. The Morgan fingerprint density at radius 3 is 2.61 bits per heavy atom.